The minimum Gasteiger partial charge on any atom is -0.369 e. The SMILES string of the molecule is Cc1ccc2c(c1)nc(N)n2-c1c(Br)cccc1Br. The summed E-state index contributed by atoms with van der Waals surface area (Å²) in [5.74, 6) is 0.480. The Hall–Kier alpha value is -1.33. The fourth-order valence-corrected chi connectivity index (χ4v) is 3.50. The zero-order valence-electron chi connectivity index (χ0n) is 10.2. The third-order valence-corrected chi connectivity index (χ3v) is 4.28. The third-order valence-electron chi connectivity index (χ3n) is 3.00. The normalized spacial score (nSPS) is 11.1. The maximum atomic E-state index is 6.08. The van der Waals surface area contributed by atoms with E-state index in [9.17, 15) is 0 Å². The van der Waals surface area contributed by atoms with Crippen molar-refractivity contribution < 1.29 is 0 Å². The highest BCUT2D eigenvalue weighted by Gasteiger charge is 2.14. The number of aryl methyl sites for hydroxylation is 1. The molecule has 0 amide bonds. The van der Waals surface area contributed by atoms with Gasteiger partial charge in [0.25, 0.3) is 0 Å². The van der Waals surface area contributed by atoms with Crippen molar-refractivity contribution in [3.05, 3.63) is 50.9 Å². The monoisotopic (exact) mass is 379 g/mol. The summed E-state index contributed by atoms with van der Waals surface area (Å²) in [4.78, 5) is 4.43. The molecule has 96 valence electrons. The molecule has 3 nitrogen and oxygen atoms in total. The maximum absolute atomic E-state index is 6.08. The lowest BCUT2D eigenvalue weighted by Crippen LogP contribution is -2.02. The first-order valence-corrected chi connectivity index (χ1v) is 7.35. The number of nitrogens with zero attached hydrogens (tertiary/aromatic N) is 2. The number of rotatable bonds is 1. The molecular formula is C14H11Br2N3. The molecule has 0 fully saturated rings. The first-order chi connectivity index (χ1) is 9.08. The molecule has 0 aliphatic carbocycles. The minimum absolute atomic E-state index is 0.480. The van der Waals surface area contributed by atoms with Crippen LogP contribution in [0.5, 0.6) is 0 Å². The average Bonchev–Trinajstić information content (AvgIpc) is 2.65. The number of hydrogen-bond acceptors (Lipinski definition) is 2. The topological polar surface area (TPSA) is 43.8 Å². The molecule has 0 atom stereocenters. The van der Waals surface area contributed by atoms with Crippen molar-refractivity contribution in [3.63, 3.8) is 0 Å². The van der Waals surface area contributed by atoms with Crippen LogP contribution in [0.4, 0.5) is 5.95 Å². The smallest absolute Gasteiger partial charge is 0.206 e. The number of para-hydroxylation sites is 1. The van der Waals surface area contributed by atoms with Crippen LogP contribution < -0.4 is 5.73 Å². The lowest BCUT2D eigenvalue weighted by atomic mass is 10.2. The Kier molecular flexibility index (Phi) is 3.11. The molecule has 19 heavy (non-hydrogen) atoms. The first kappa shape index (κ1) is 12.7. The van der Waals surface area contributed by atoms with Gasteiger partial charge in [-0.05, 0) is 68.6 Å². The summed E-state index contributed by atoms with van der Waals surface area (Å²) < 4.78 is 3.88. The van der Waals surface area contributed by atoms with E-state index in [1.165, 1.54) is 5.56 Å². The van der Waals surface area contributed by atoms with E-state index >= 15 is 0 Å². The van der Waals surface area contributed by atoms with Crippen LogP contribution in [0.1, 0.15) is 5.56 Å². The Bertz CT molecular complexity index is 757. The molecule has 0 saturated heterocycles. The second-order valence-electron chi connectivity index (χ2n) is 4.37. The van der Waals surface area contributed by atoms with Crippen LogP contribution in [0.15, 0.2) is 45.3 Å². The van der Waals surface area contributed by atoms with E-state index < -0.39 is 0 Å². The quantitative estimate of drug-likeness (QED) is 0.678. The molecule has 0 saturated carbocycles. The van der Waals surface area contributed by atoms with E-state index in [4.69, 9.17) is 5.73 Å². The van der Waals surface area contributed by atoms with Gasteiger partial charge in [-0.3, -0.25) is 4.57 Å². The van der Waals surface area contributed by atoms with E-state index in [1.54, 1.807) is 0 Å². The Balaban J connectivity index is 2.40. The zero-order valence-corrected chi connectivity index (χ0v) is 13.4. The van der Waals surface area contributed by atoms with Gasteiger partial charge in [-0.2, -0.15) is 0 Å². The number of hydrogen-bond donors (Lipinski definition) is 1. The van der Waals surface area contributed by atoms with Crippen LogP contribution in [0.3, 0.4) is 0 Å². The summed E-state index contributed by atoms with van der Waals surface area (Å²) in [7, 11) is 0. The van der Waals surface area contributed by atoms with E-state index in [2.05, 4.69) is 42.9 Å². The van der Waals surface area contributed by atoms with E-state index in [1.807, 2.05) is 41.8 Å². The molecule has 2 N–H and O–H groups in total. The molecular weight excluding hydrogens is 370 g/mol. The molecule has 1 heterocycles. The zero-order chi connectivity index (χ0) is 13.6. The van der Waals surface area contributed by atoms with Gasteiger partial charge in [0, 0.05) is 8.95 Å². The first-order valence-electron chi connectivity index (χ1n) is 5.77. The van der Waals surface area contributed by atoms with Crippen LogP contribution in [-0.4, -0.2) is 9.55 Å². The predicted molar refractivity (Wildman–Crippen MR) is 85.6 cm³/mol. The van der Waals surface area contributed by atoms with Gasteiger partial charge in [-0.1, -0.05) is 12.1 Å². The standard InChI is InChI=1S/C14H11Br2N3/c1-8-5-6-12-11(7-8)18-14(17)19(12)13-9(15)3-2-4-10(13)16/h2-7H,1H3,(H2,17,18). The fraction of sp³-hybridized carbons (Fsp3) is 0.0714. The van der Waals surface area contributed by atoms with Gasteiger partial charge >= 0.3 is 0 Å². The Morgan fingerprint density at radius 1 is 1.11 bits per heavy atom. The third kappa shape index (κ3) is 2.07. The Morgan fingerprint density at radius 2 is 1.79 bits per heavy atom. The number of imidazole rings is 1. The molecule has 2 aromatic carbocycles. The van der Waals surface area contributed by atoms with Crippen molar-refractivity contribution in [2.75, 3.05) is 5.73 Å². The van der Waals surface area contributed by atoms with E-state index in [-0.39, 0.29) is 0 Å². The maximum Gasteiger partial charge on any atom is 0.206 e. The number of nitrogen functional groups attached to an aromatic ring is 1. The molecule has 1 aromatic heterocycles. The summed E-state index contributed by atoms with van der Waals surface area (Å²) in [6.45, 7) is 2.04. The highest BCUT2D eigenvalue weighted by atomic mass is 79.9. The van der Waals surface area contributed by atoms with Crippen LogP contribution in [0.25, 0.3) is 16.7 Å². The van der Waals surface area contributed by atoms with Crippen LogP contribution in [0, 0.1) is 6.92 Å². The lowest BCUT2D eigenvalue weighted by Gasteiger charge is -2.11. The van der Waals surface area contributed by atoms with Crippen molar-refractivity contribution in [3.8, 4) is 5.69 Å². The second-order valence-corrected chi connectivity index (χ2v) is 6.08. The molecule has 3 rings (SSSR count). The van der Waals surface area contributed by atoms with Crippen molar-refractivity contribution in [1.82, 2.24) is 9.55 Å². The highest BCUT2D eigenvalue weighted by molar-refractivity contribution is 9.11. The van der Waals surface area contributed by atoms with Gasteiger partial charge in [0.15, 0.2) is 0 Å². The van der Waals surface area contributed by atoms with Crippen LogP contribution >= 0.6 is 31.9 Å². The van der Waals surface area contributed by atoms with Gasteiger partial charge in [-0.25, -0.2) is 4.98 Å². The van der Waals surface area contributed by atoms with Crippen LogP contribution in [0.2, 0.25) is 0 Å². The summed E-state index contributed by atoms with van der Waals surface area (Å²) in [6.07, 6.45) is 0. The molecule has 0 aliphatic rings. The summed E-state index contributed by atoms with van der Waals surface area (Å²) >= 11 is 7.14. The molecule has 5 heteroatoms. The summed E-state index contributed by atoms with van der Waals surface area (Å²) in [5.41, 5.74) is 10.1. The van der Waals surface area contributed by atoms with Crippen molar-refractivity contribution in [2.24, 2.45) is 0 Å². The Morgan fingerprint density at radius 3 is 2.47 bits per heavy atom. The van der Waals surface area contributed by atoms with Crippen molar-refractivity contribution >= 4 is 48.8 Å². The van der Waals surface area contributed by atoms with Gasteiger partial charge in [0.2, 0.25) is 5.95 Å². The fourth-order valence-electron chi connectivity index (χ4n) is 2.15. The van der Waals surface area contributed by atoms with Gasteiger partial charge in [0.1, 0.15) is 0 Å². The molecule has 0 unspecified atom stereocenters. The molecule has 0 bridgehead atoms. The van der Waals surface area contributed by atoms with Gasteiger partial charge in [0.05, 0.1) is 16.7 Å². The molecule has 0 aliphatic heterocycles. The lowest BCUT2D eigenvalue weighted by molar-refractivity contribution is 1.09. The van der Waals surface area contributed by atoms with Crippen molar-refractivity contribution in [1.29, 1.82) is 0 Å². The number of fused-ring (bicyclic) bond motifs is 1. The van der Waals surface area contributed by atoms with Gasteiger partial charge in [-0.15, -0.1) is 0 Å². The van der Waals surface area contributed by atoms with Crippen molar-refractivity contribution in [2.45, 2.75) is 6.92 Å². The van der Waals surface area contributed by atoms with E-state index in [0.717, 1.165) is 25.7 Å². The van der Waals surface area contributed by atoms with Gasteiger partial charge < -0.3 is 5.73 Å². The minimum atomic E-state index is 0.480. The average molecular weight is 381 g/mol. The van der Waals surface area contributed by atoms with Crippen LogP contribution in [-0.2, 0) is 0 Å². The number of anilines is 1. The molecule has 0 radical (unpaired) electrons. The number of nitrogens with two attached hydrogens (primary N) is 1. The summed E-state index contributed by atoms with van der Waals surface area (Å²) in [5, 5.41) is 0. The number of aromatic nitrogens is 2. The predicted octanol–water partition coefficient (Wildman–Crippen LogP) is 4.44. The van der Waals surface area contributed by atoms with E-state index in [0.29, 0.717) is 5.95 Å². The molecule has 0 spiro atoms. The largest absolute Gasteiger partial charge is 0.369 e. The highest BCUT2D eigenvalue weighted by Crippen LogP contribution is 2.33. The number of halogens is 2. The second kappa shape index (κ2) is 4.65. The summed E-state index contributed by atoms with van der Waals surface area (Å²) in [6, 6.07) is 12.1. The Labute approximate surface area is 127 Å². The molecule has 3 aromatic rings. The number of benzene rings is 2.